The Hall–Kier alpha value is -5.86. The predicted molar refractivity (Wildman–Crippen MR) is 262 cm³/mol. The molecule has 1 aromatic heterocycles. The van der Waals surface area contributed by atoms with Gasteiger partial charge in [-0.1, -0.05) is 151 Å². The Morgan fingerprint density at radius 3 is 1.56 bits per heavy atom. The first-order valence-corrected chi connectivity index (χ1v) is 23.7. The number of benzene rings is 7. The summed E-state index contributed by atoms with van der Waals surface area (Å²) >= 11 is 0. The van der Waals surface area contributed by atoms with Gasteiger partial charge in [0.1, 0.15) is 0 Å². The first-order valence-electron chi connectivity index (χ1n) is 23.7. The van der Waals surface area contributed by atoms with Crippen LogP contribution in [0.3, 0.4) is 0 Å². The van der Waals surface area contributed by atoms with Crippen molar-refractivity contribution < 1.29 is 0 Å². The Bertz CT molecular complexity index is 3040. The number of hydrogen-bond acceptors (Lipinski definition) is 1. The molecule has 0 amide bonds. The molecule has 4 aliphatic rings. The van der Waals surface area contributed by atoms with Crippen molar-refractivity contribution in [1.29, 1.82) is 0 Å². The monoisotopic (exact) mass is 806 g/mol. The van der Waals surface area contributed by atoms with Crippen molar-refractivity contribution in [3.8, 4) is 27.9 Å². The molecule has 0 unspecified atom stereocenters. The zero-order valence-corrected chi connectivity index (χ0v) is 37.0. The highest BCUT2D eigenvalue weighted by Crippen LogP contribution is 2.54. The SMILES string of the molecule is CC1(C)c2ccccc2-c2ccc(N(c3ccc4c(c3)C(C)(C)c3cc(C5CCCCC5)ccc3-4)c3ccc4c(c3)c3ccc(C5CCCCC5)cc3n4-c3ccccc3)cc21. The summed E-state index contributed by atoms with van der Waals surface area (Å²) in [7, 11) is 0. The summed E-state index contributed by atoms with van der Waals surface area (Å²) in [5.41, 5.74) is 21.4. The maximum Gasteiger partial charge on any atom is 0.0543 e. The minimum Gasteiger partial charge on any atom is -0.310 e. The summed E-state index contributed by atoms with van der Waals surface area (Å²) in [5, 5.41) is 2.61. The lowest BCUT2D eigenvalue weighted by Crippen LogP contribution is -2.18. The molecule has 62 heavy (non-hydrogen) atoms. The lowest BCUT2D eigenvalue weighted by molar-refractivity contribution is 0.443. The van der Waals surface area contributed by atoms with E-state index in [9.17, 15) is 0 Å². The third-order valence-electron chi connectivity index (χ3n) is 16.0. The van der Waals surface area contributed by atoms with Crippen LogP contribution in [0.2, 0.25) is 0 Å². The molecule has 0 N–H and O–H groups in total. The van der Waals surface area contributed by atoms with Gasteiger partial charge in [0.05, 0.1) is 11.0 Å². The zero-order chi connectivity index (χ0) is 41.7. The van der Waals surface area contributed by atoms with Gasteiger partial charge in [-0.25, -0.2) is 0 Å². The molecular formula is C60H58N2. The molecule has 8 aromatic rings. The van der Waals surface area contributed by atoms with E-state index in [1.807, 2.05) is 0 Å². The van der Waals surface area contributed by atoms with Crippen LogP contribution in [-0.2, 0) is 10.8 Å². The second-order valence-corrected chi connectivity index (χ2v) is 20.2. The van der Waals surface area contributed by atoms with Gasteiger partial charge in [0.15, 0.2) is 0 Å². The molecule has 7 aromatic carbocycles. The molecule has 12 rings (SSSR count). The van der Waals surface area contributed by atoms with E-state index in [2.05, 4.69) is 183 Å². The predicted octanol–water partition coefficient (Wildman–Crippen LogP) is 17.0. The molecule has 4 aliphatic carbocycles. The van der Waals surface area contributed by atoms with Crippen molar-refractivity contribution in [3.63, 3.8) is 0 Å². The van der Waals surface area contributed by atoms with Crippen molar-refractivity contribution in [2.75, 3.05) is 4.90 Å². The van der Waals surface area contributed by atoms with Crippen molar-refractivity contribution in [2.45, 2.75) is 115 Å². The van der Waals surface area contributed by atoms with E-state index in [1.54, 1.807) is 5.56 Å². The number of aromatic nitrogens is 1. The summed E-state index contributed by atoms with van der Waals surface area (Å²) in [5.74, 6) is 1.34. The molecule has 308 valence electrons. The van der Waals surface area contributed by atoms with Gasteiger partial charge < -0.3 is 9.47 Å². The second-order valence-electron chi connectivity index (χ2n) is 20.2. The van der Waals surface area contributed by atoms with E-state index in [0.29, 0.717) is 11.8 Å². The Labute approximate surface area is 368 Å². The van der Waals surface area contributed by atoms with E-state index in [0.717, 1.165) is 0 Å². The minimum absolute atomic E-state index is 0.103. The Morgan fingerprint density at radius 1 is 0.403 bits per heavy atom. The largest absolute Gasteiger partial charge is 0.310 e. The highest BCUT2D eigenvalue weighted by Gasteiger charge is 2.38. The molecule has 2 saturated carbocycles. The Balaban J connectivity index is 1.04. The van der Waals surface area contributed by atoms with E-state index < -0.39 is 0 Å². The number of nitrogens with zero attached hydrogens (tertiary/aromatic N) is 2. The summed E-state index contributed by atoms with van der Waals surface area (Å²) in [4.78, 5) is 2.55. The van der Waals surface area contributed by atoms with Crippen LogP contribution < -0.4 is 4.90 Å². The molecule has 2 heteroatoms. The Kier molecular flexibility index (Phi) is 8.76. The molecule has 0 atom stereocenters. The lowest BCUT2D eigenvalue weighted by atomic mass is 9.79. The third-order valence-corrected chi connectivity index (χ3v) is 16.0. The second kappa shape index (κ2) is 14.3. The van der Waals surface area contributed by atoms with Gasteiger partial charge >= 0.3 is 0 Å². The van der Waals surface area contributed by atoms with Gasteiger partial charge in [0.25, 0.3) is 0 Å². The summed E-state index contributed by atoms with van der Waals surface area (Å²) < 4.78 is 2.51. The fraction of sp³-hybridized carbons (Fsp3) is 0.300. The Morgan fingerprint density at radius 2 is 0.903 bits per heavy atom. The van der Waals surface area contributed by atoms with E-state index in [1.165, 1.54) is 159 Å². The van der Waals surface area contributed by atoms with Crippen LogP contribution in [0.1, 0.15) is 137 Å². The van der Waals surface area contributed by atoms with Crippen molar-refractivity contribution in [1.82, 2.24) is 4.57 Å². The average Bonchev–Trinajstić information content (AvgIpc) is 3.85. The molecule has 0 bridgehead atoms. The highest BCUT2D eigenvalue weighted by molar-refractivity contribution is 6.11. The average molecular weight is 807 g/mol. The topological polar surface area (TPSA) is 8.17 Å². The van der Waals surface area contributed by atoms with E-state index >= 15 is 0 Å². The third kappa shape index (κ3) is 5.82. The quantitative estimate of drug-likeness (QED) is 0.162. The van der Waals surface area contributed by atoms with Crippen LogP contribution in [0, 0.1) is 0 Å². The molecule has 0 radical (unpaired) electrons. The van der Waals surface area contributed by atoms with Crippen LogP contribution in [0.15, 0.2) is 146 Å². The van der Waals surface area contributed by atoms with E-state index in [-0.39, 0.29) is 10.8 Å². The molecule has 2 nitrogen and oxygen atoms in total. The van der Waals surface area contributed by atoms with Gasteiger partial charge in [-0.2, -0.15) is 0 Å². The van der Waals surface area contributed by atoms with Crippen LogP contribution in [0.25, 0.3) is 49.7 Å². The van der Waals surface area contributed by atoms with Crippen molar-refractivity contribution >= 4 is 38.9 Å². The van der Waals surface area contributed by atoms with Gasteiger partial charge in [-0.15, -0.1) is 0 Å². The normalized spacial score (nSPS) is 17.8. The summed E-state index contributed by atoms with van der Waals surface area (Å²) in [6.07, 6.45) is 13.4. The standard InChI is InChI=1S/C60H58N2/c1-59(2)53-23-15-14-22-47(53)49-31-26-45(37-55(49)59)61(46-27-32-50-48-29-24-41(39-16-8-5-9-17-39)34-54(48)60(3,4)56(50)38-46)44-28-33-57-52(36-44)51-30-25-42(40-18-10-6-11-19-40)35-58(51)62(57)43-20-12-7-13-21-43/h7,12-15,20-40H,5-6,8-11,16-19H2,1-4H3. The first-order chi connectivity index (χ1) is 30.3. The smallest absolute Gasteiger partial charge is 0.0543 e. The van der Waals surface area contributed by atoms with Crippen molar-refractivity contribution in [3.05, 3.63) is 179 Å². The zero-order valence-electron chi connectivity index (χ0n) is 37.0. The van der Waals surface area contributed by atoms with Crippen molar-refractivity contribution in [2.24, 2.45) is 0 Å². The van der Waals surface area contributed by atoms with Gasteiger partial charge in [0.2, 0.25) is 0 Å². The number of fused-ring (bicyclic) bond motifs is 9. The molecular weight excluding hydrogens is 749 g/mol. The number of hydrogen-bond donors (Lipinski definition) is 0. The molecule has 0 saturated heterocycles. The lowest BCUT2D eigenvalue weighted by Gasteiger charge is -2.30. The van der Waals surface area contributed by atoms with Crippen LogP contribution in [-0.4, -0.2) is 4.57 Å². The molecule has 2 fully saturated rings. The van der Waals surface area contributed by atoms with Gasteiger partial charge in [-0.05, 0) is 154 Å². The molecule has 0 aliphatic heterocycles. The van der Waals surface area contributed by atoms with Gasteiger partial charge in [-0.3, -0.25) is 0 Å². The maximum absolute atomic E-state index is 2.58. The molecule has 1 heterocycles. The summed E-state index contributed by atoms with van der Waals surface area (Å²) in [6.45, 7) is 9.71. The summed E-state index contributed by atoms with van der Waals surface area (Å²) in [6, 6.07) is 56.7. The van der Waals surface area contributed by atoms with Crippen LogP contribution in [0.4, 0.5) is 17.1 Å². The first kappa shape index (κ1) is 37.9. The maximum atomic E-state index is 2.58. The van der Waals surface area contributed by atoms with Crippen LogP contribution >= 0.6 is 0 Å². The number of rotatable bonds is 6. The fourth-order valence-corrected chi connectivity index (χ4v) is 12.6. The highest BCUT2D eigenvalue weighted by atomic mass is 15.1. The molecule has 0 spiro atoms. The number of para-hydroxylation sites is 1. The minimum atomic E-state index is -0.109. The van der Waals surface area contributed by atoms with Gasteiger partial charge in [0, 0.05) is 44.4 Å². The number of anilines is 3. The van der Waals surface area contributed by atoms with Crippen LogP contribution in [0.5, 0.6) is 0 Å². The van der Waals surface area contributed by atoms with E-state index in [4.69, 9.17) is 0 Å². The fourth-order valence-electron chi connectivity index (χ4n) is 12.6.